The lowest BCUT2D eigenvalue weighted by Crippen LogP contribution is -2.48. The van der Waals surface area contributed by atoms with Crippen molar-refractivity contribution >= 4 is 29.6 Å². The standard InChI is InChI=1S/C22H25N5O3S/c1-22(20(29)24-21(30)25-22)15-31-18-5-3-2-4-17(18)19(28)27-12-10-26(11-13-27)14-16-6-8-23-9-7-16/h2-9H,10-15H2,1H3,(H2,24,25,29,30)/t22-/m0/s1. The number of amides is 4. The van der Waals surface area contributed by atoms with E-state index < -0.39 is 11.6 Å². The van der Waals surface area contributed by atoms with Gasteiger partial charge in [0.15, 0.2) is 0 Å². The van der Waals surface area contributed by atoms with E-state index in [0.29, 0.717) is 24.4 Å². The van der Waals surface area contributed by atoms with Crippen molar-refractivity contribution in [3.8, 4) is 0 Å². The molecule has 0 saturated carbocycles. The highest BCUT2D eigenvalue weighted by Gasteiger charge is 2.42. The minimum atomic E-state index is -0.990. The van der Waals surface area contributed by atoms with Crippen molar-refractivity contribution < 1.29 is 14.4 Å². The molecule has 3 heterocycles. The smallest absolute Gasteiger partial charge is 0.322 e. The number of thioether (sulfide) groups is 1. The van der Waals surface area contributed by atoms with Gasteiger partial charge in [-0.3, -0.25) is 24.8 Å². The summed E-state index contributed by atoms with van der Waals surface area (Å²) in [6.45, 7) is 5.50. The second-order valence-corrected chi connectivity index (χ2v) is 8.97. The lowest BCUT2D eigenvalue weighted by Gasteiger charge is -2.35. The third kappa shape index (κ3) is 4.88. The molecule has 8 nitrogen and oxygen atoms in total. The zero-order valence-electron chi connectivity index (χ0n) is 17.3. The molecule has 0 radical (unpaired) electrons. The summed E-state index contributed by atoms with van der Waals surface area (Å²) in [5.74, 6) is -0.00922. The molecule has 2 aliphatic rings. The Labute approximate surface area is 185 Å². The first-order valence-corrected chi connectivity index (χ1v) is 11.2. The molecule has 31 heavy (non-hydrogen) atoms. The molecule has 0 unspecified atom stereocenters. The molecule has 2 saturated heterocycles. The Bertz CT molecular complexity index is 978. The maximum atomic E-state index is 13.2. The molecule has 1 aromatic heterocycles. The lowest BCUT2D eigenvalue weighted by atomic mass is 10.1. The zero-order chi connectivity index (χ0) is 21.8. The van der Waals surface area contributed by atoms with Gasteiger partial charge in [0.1, 0.15) is 5.54 Å². The fourth-order valence-corrected chi connectivity index (χ4v) is 4.83. The molecule has 1 aromatic carbocycles. The van der Waals surface area contributed by atoms with Crippen molar-refractivity contribution in [3.63, 3.8) is 0 Å². The number of piperazine rings is 1. The maximum Gasteiger partial charge on any atom is 0.322 e. The average molecular weight is 440 g/mol. The summed E-state index contributed by atoms with van der Waals surface area (Å²) >= 11 is 1.40. The molecule has 2 fully saturated rings. The van der Waals surface area contributed by atoms with E-state index in [2.05, 4.69) is 20.5 Å². The van der Waals surface area contributed by atoms with Crippen LogP contribution in [0.1, 0.15) is 22.8 Å². The minimum Gasteiger partial charge on any atom is -0.336 e. The molecule has 162 valence electrons. The quantitative estimate of drug-likeness (QED) is 0.526. The minimum absolute atomic E-state index is 0.00303. The number of imide groups is 1. The largest absolute Gasteiger partial charge is 0.336 e. The van der Waals surface area contributed by atoms with E-state index in [4.69, 9.17) is 0 Å². The van der Waals surface area contributed by atoms with Crippen LogP contribution in [0.3, 0.4) is 0 Å². The first-order chi connectivity index (χ1) is 14.9. The molecule has 9 heteroatoms. The van der Waals surface area contributed by atoms with Crippen LogP contribution < -0.4 is 10.6 Å². The molecule has 2 aromatic rings. The fourth-order valence-electron chi connectivity index (χ4n) is 3.70. The summed E-state index contributed by atoms with van der Waals surface area (Å²) in [6, 6.07) is 11.0. The van der Waals surface area contributed by atoms with Crippen LogP contribution >= 0.6 is 11.8 Å². The maximum absolute atomic E-state index is 13.2. The monoisotopic (exact) mass is 439 g/mol. The highest BCUT2D eigenvalue weighted by molar-refractivity contribution is 7.99. The second-order valence-electron chi connectivity index (χ2n) is 7.95. The Morgan fingerprint density at radius 2 is 1.81 bits per heavy atom. The predicted octanol–water partition coefficient (Wildman–Crippen LogP) is 1.73. The predicted molar refractivity (Wildman–Crippen MR) is 118 cm³/mol. The molecule has 0 spiro atoms. The molecule has 4 rings (SSSR count). The number of carbonyl (C=O) groups is 3. The highest BCUT2D eigenvalue weighted by atomic mass is 32.2. The van der Waals surface area contributed by atoms with Crippen LogP contribution in [0.25, 0.3) is 0 Å². The number of hydrogen-bond acceptors (Lipinski definition) is 6. The van der Waals surface area contributed by atoms with Crippen molar-refractivity contribution in [2.24, 2.45) is 0 Å². The second kappa shape index (κ2) is 9.07. The van der Waals surface area contributed by atoms with Crippen LogP contribution in [0.5, 0.6) is 0 Å². The van der Waals surface area contributed by atoms with Gasteiger partial charge in [-0.1, -0.05) is 12.1 Å². The number of carbonyl (C=O) groups excluding carboxylic acids is 3. The third-order valence-corrected chi connectivity index (χ3v) is 6.96. The van der Waals surface area contributed by atoms with Crippen LogP contribution in [-0.4, -0.2) is 70.1 Å². The van der Waals surface area contributed by atoms with E-state index in [1.807, 2.05) is 41.3 Å². The van der Waals surface area contributed by atoms with Gasteiger partial charge in [0.05, 0.1) is 5.56 Å². The Morgan fingerprint density at radius 1 is 1.10 bits per heavy atom. The average Bonchev–Trinajstić information content (AvgIpc) is 3.04. The number of urea groups is 1. The summed E-state index contributed by atoms with van der Waals surface area (Å²) in [5, 5.41) is 4.93. The topological polar surface area (TPSA) is 94.6 Å². The zero-order valence-corrected chi connectivity index (χ0v) is 18.2. The normalized spacial score (nSPS) is 21.6. The van der Waals surface area contributed by atoms with E-state index in [1.165, 1.54) is 17.3 Å². The van der Waals surface area contributed by atoms with Crippen molar-refractivity contribution in [3.05, 3.63) is 59.9 Å². The number of nitrogens with one attached hydrogen (secondary N) is 2. The van der Waals surface area contributed by atoms with Crippen LogP contribution in [0, 0.1) is 0 Å². The van der Waals surface area contributed by atoms with E-state index in [1.54, 1.807) is 19.3 Å². The van der Waals surface area contributed by atoms with E-state index in [-0.39, 0.29) is 11.8 Å². The Balaban J connectivity index is 1.37. The SMILES string of the molecule is C[C@@]1(CSc2ccccc2C(=O)N2CCN(Cc3ccncc3)CC2)NC(=O)NC1=O. The molecule has 0 aliphatic carbocycles. The fraction of sp³-hybridized carbons (Fsp3) is 0.364. The van der Waals surface area contributed by atoms with Gasteiger partial charge in [0, 0.05) is 55.8 Å². The van der Waals surface area contributed by atoms with Crippen molar-refractivity contribution in [2.75, 3.05) is 31.9 Å². The summed E-state index contributed by atoms with van der Waals surface area (Å²) < 4.78 is 0. The van der Waals surface area contributed by atoms with Gasteiger partial charge in [-0.2, -0.15) is 0 Å². The van der Waals surface area contributed by atoms with Gasteiger partial charge in [0.25, 0.3) is 11.8 Å². The number of nitrogens with zero attached hydrogens (tertiary/aromatic N) is 3. The number of rotatable bonds is 6. The van der Waals surface area contributed by atoms with Gasteiger partial charge in [-0.05, 0) is 36.8 Å². The van der Waals surface area contributed by atoms with Gasteiger partial charge >= 0.3 is 6.03 Å². The molecule has 1 atom stereocenters. The summed E-state index contributed by atoms with van der Waals surface area (Å²) in [5.41, 5.74) is 0.854. The number of aromatic nitrogens is 1. The molecule has 2 N–H and O–H groups in total. The Hall–Kier alpha value is -2.91. The third-order valence-electron chi connectivity index (χ3n) is 5.57. The van der Waals surface area contributed by atoms with Crippen molar-refractivity contribution in [1.82, 2.24) is 25.4 Å². The number of hydrogen-bond donors (Lipinski definition) is 2. The first-order valence-electron chi connectivity index (χ1n) is 10.2. The van der Waals surface area contributed by atoms with Crippen molar-refractivity contribution in [2.45, 2.75) is 23.9 Å². The lowest BCUT2D eigenvalue weighted by molar-refractivity contribution is -0.122. The highest BCUT2D eigenvalue weighted by Crippen LogP contribution is 2.28. The molecular formula is C22H25N5O3S. The van der Waals surface area contributed by atoms with E-state index in [9.17, 15) is 14.4 Å². The summed E-state index contributed by atoms with van der Waals surface area (Å²) in [4.78, 5) is 45.8. The molecular weight excluding hydrogens is 414 g/mol. The summed E-state index contributed by atoms with van der Waals surface area (Å²) in [7, 11) is 0. The van der Waals surface area contributed by atoms with Crippen LogP contribution in [0.2, 0.25) is 0 Å². The first kappa shape index (κ1) is 21.3. The number of pyridine rings is 1. The van der Waals surface area contributed by atoms with Gasteiger partial charge in [0.2, 0.25) is 0 Å². The molecule has 0 bridgehead atoms. The summed E-state index contributed by atoms with van der Waals surface area (Å²) in [6.07, 6.45) is 3.59. The van der Waals surface area contributed by atoms with Crippen LogP contribution in [-0.2, 0) is 11.3 Å². The van der Waals surface area contributed by atoms with Crippen LogP contribution in [0.15, 0.2) is 53.7 Å². The van der Waals surface area contributed by atoms with Gasteiger partial charge < -0.3 is 10.2 Å². The molecule has 4 amide bonds. The Morgan fingerprint density at radius 3 is 2.48 bits per heavy atom. The molecule has 2 aliphatic heterocycles. The number of benzene rings is 1. The van der Waals surface area contributed by atoms with Crippen molar-refractivity contribution in [1.29, 1.82) is 0 Å². The van der Waals surface area contributed by atoms with E-state index in [0.717, 1.165) is 24.5 Å². The van der Waals surface area contributed by atoms with Gasteiger partial charge in [-0.15, -0.1) is 11.8 Å². The van der Waals surface area contributed by atoms with Crippen LogP contribution in [0.4, 0.5) is 4.79 Å². The Kier molecular flexibility index (Phi) is 6.24. The van der Waals surface area contributed by atoms with Gasteiger partial charge in [-0.25, -0.2) is 4.79 Å². The van der Waals surface area contributed by atoms with E-state index >= 15 is 0 Å².